The number of carbonyl (C=O) groups is 1. The maximum Gasteiger partial charge on any atom is 0.323 e. The number of hydrogen-bond acceptors (Lipinski definition) is 4. The van der Waals surface area contributed by atoms with Crippen LogP contribution in [0, 0.1) is 0 Å². The molecule has 2 atom stereocenters. The standard InChI is InChI=1S/C11H23NO3/c1-5-7-10(11(14)15-6-2)12(4)8-9(3)13/h9-10,13H,5-8H2,1-4H3. The summed E-state index contributed by atoms with van der Waals surface area (Å²) in [5.74, 6) is -0.192. The van der Waals surface area contributed by atoms with E-state index in [-0.39, 0.29) is 12.0 Å². The zero-order valence-corrected chi connectivity index (χ0v) is 10.2. The number of carbonyl (C=O) groups excluding carboxylic acids is 1. The zero-order chi connectivity index (χ0) is 11.8. The summed E-state index contributed by atoms with van der Waals surface area (Å²) in [6.45, 7) is 6.44. The number of ether oxygens (including phenoxy) is 1. The van der Waals surface area contributed by atoms with Gasteiger partial charge in [0.2, 0.25) is 0 Å². The third-order valence-corrected chi connectivity index (χ3v) is 2.21. The maximum atomic E-state index is 11.6. The molecule has 0 aliphatic rings. The van der Waals surface area contributed by atoms with Gasteiger partial charge in [-0.15, -0.1) is 0 Å². The van der Waals surface area contributed by atoms with Crippen LogP contribution in [-0.4, -0.2) is 48.3 Å². The molecule has 0 radical (unpaired) electrons. The molecule has 0 saturated heterocycles. The van der Waals surface area contributed by atoms with E-state index in [1.54, 1.807) is 13.8 Å². The molecular weight excluding hydrogens is 194 g/mol. The first-order chi connectivity index (χ1) is 7.02. The highest BCUT2D eigenvalue weighted by molar-refractivity contribution is 5.75. The average molecular weight is 217 g/mol. The molecule has 4 heteroatoms. The highest BCUT2D eigenvalue weighted by Crippen LogP contribution is 2.08. The van der Waals surface area contributed by atoms with Crippen LogP contribution >= 0.6 is 0 Å². The maximum absolute atomic E-state index is 11.6. The number of aliphatic hydroxyl groups is 1. The lowest BCUT2D eigenvalue weighted by molar-refractivity contribution is -0.149. The van der Waals surface area contributed by atoms with E-state index in [1.165, 1.54) is 0 Å². The Labute approximate surface area is 92.2 Å². The van der Waals surface area contributed by atoms with Crippen molar-refractivity contribution in [3.8, 4) is 0 Å². The van der Waals surface area contributed by atoms with Crippen molar-refractivity contribution in [1.82, 2.24) is 4.90 Å². The van der Waals surface area contributed by atoms with Crippen molar-refractivity contribution in [3.63, 3.8) is 0 Å². The fourth-order valence-corrected chi connectivity index (χ4v) is 1.57. The van der Waals surface area contributed by atoms with Gasteiger partial charge < -0.3 is 9.84 Å². The zero-order valence-electron chi connectivity index (χ0n) is 10.2. The predicted molar refractivity (Wildman–Crippen MR) is 59.6 cm³/mol. The molecule has 0 rings (SSSR count). The molecule has 0 aromatic carbocycles. The lowest BCUT2D eigenvalue weighted by Crippen LogP contribution is -2.42. The Morgan fingerprint density at radius 1 is 1.47 bits per heavy atom. The normalized spacial score (nSPS) is 15.1. The molecule has 0 aromatic heterocycles. The first kappa shape index (κ1) is 14.4. The first-order valence-electron chi connectivity index (χ1n) is 5.57. The summed E-state index contributed by atoms with van der Waals surface area (Å²) in [5, 5.41) is 9.26. The van der Waals surface area contributed by atoms with Crippen molar-refractivity contribution < 1.29 is 14.6 Å². The minimum Gasteiger partial charge on any atom is -0.465 e. The minimum atomic E-state index is -0.427. The van der Waals surface area contributed by atoms with E-state index in [1.807, 2.05) is 18.9 Å². The van der Waals surface area contributed by atoms with Crippen LogP contribution in [0.5, 0.6) is 0 Å². The Balaban J connectivity index is 4.29. The van der Waals surface area contributed by atoms with E-state index in [0.717, 1.165) is 12.8 Å². The van der Waals surface area contributed by atoms with Crippen molar-refractivity contribution in [2.24, 2.45) is 0 Å². The van der Waals surface area contributed by atoms with Crippen LogP contribution in [0.3, 0.4) is 0 Å². The summed E-state index contributed by atoms with van der Waals surface area (Å²) in [6, 6.07) is -0.232. The van der Waals surface area contributed by atoms with Crippen molar-refractivity contribution in [1.29, 1.82) is 0 Å². The molecule has 0 saturated carbocycles. The Bertz CT molecular complexity index is 183. The predicted octanol–water partition coefficient (Wildman–Crippen LogP) is 1.03. The third kappa shape index (κ3) is 5.74. The first-order valence-corrected chi connectivity index (χ1v) is 5.57. The van der Waals surface area contributed by atoms with E-state index in [2.05, 4.69) is 0 Å². The smallest absolute Gasteiger partial charge is 0.323 e. The number of esters is 1. The third-order valence-electron chi connectivity index (χ3n) is 2.21. The van der Waals surface area contributed by atoms with Crippen LogP contribution < -0.4 is 0 Å². The molecule has 0 bridgehead atoms. The van der Waals surface area contributed by atoms with Crippen molar-refractivity contribution >= 4 is 5.97 Å². The Kier molecular flexibility index (Phi) is 7.34. The summed E-state index contributed by atoms with van der Waals surface area (Å²) >= 11 is 0. The molecule has 15 heavy (non-hydrogen) atoms. The molecular formula is C11H23NO3. The van der Waals surface area contributed by atoms with E-state index in [0.29, 0.717) is 13.2 Å². The molecule has 2 unspecified atom stereocenters. The van der Waals surface area contributed by atoms with Gasteiger partial charge >= 0.3 is 5.97 Å². The largest absolute Gasteiger partial charge is 0.465 e. The monoisotopic (exact) mass is 217 g/mol. The summed E-state index contributed by atoms with van der Waals surface area (Å²) in [4.78, 5) is 13.5. The van der Waals surface area contributed by atoms with E-state index in [4.69, 9.17) is 4.74 Å². The van der Waals surface area contributed by atoms with Gasteiger partial charge in [-0.05, 0) is 27.3 Å². The summed E-state index contributed by atoms with van der Waals surface area (Å²) in [7, 11) is 1.84. The average Bonchev–Trinajstić information content (AvgIpc) is 2.13. The summed E-state index contributed by atoms with van der Waals surface area (Å²) in [6.07, 6.45) is 1.26. The number of likely N-dealkylation sites (N-methyl/N-ethyl adjacent to an activating group) is 1. The Morgan fingerprint density at radius 2 is 2.07 bits per heavy atom. The Morgan fingerprint density at radius 3 is 2.47 bits per heavy atom. The van der Waals surface area contributed by atoms with Crippen LogP contribution in [0.2, 0.25) is 0 Å². The molecule has 0 aliphatic heterocycles. The van der Waals surface area contributed by atoms with Crippen LogP contribution in [0.1, 0.15) is 33.6 Å². The lowest BCUT2D eigenvalue weighted by Gasteiger charge is -2.26. The van der Waals surface area contributed by atoms with Gasteiger partial charge in [-0.2, -0.15) is 0 Å². The fourth-order valence-electron chi connectivity index (χ4n) is 1.57. The van der Waals surface area contributed by atoms with Gasteiger partial charge in [-0.1, -0.05) is 13.3 Å². The van der Waals surface area contributed by atoms with Crippen LogP contribution in [0.4, 0.5) is 0 Å². The molecule has 0 aromatic rings. The fraction of sp³-hybridized carbons (Fsp3) is 0.909. The van der Waals surface area contributed by atoms with Gasteiger partial charge in [0.25, 0.3) is 0 Å². The molecule has 0 aliphatic carbocycles. The van der Waals surface area contributed by atoms with Gasteiger partial charge in [0.15, 0.2) is 0 Å². The second-order valence-electron chi connectivity index (χ2n) is 3.85. The summed E-state index contributed by atoms with van der Waals surface area (Å²) < 4.78 is 5.00. The van der Waals surface area contributed by atoms with Gasteiger partial charge in [0, 0.05) is 6.54 Å². The highest BCUT2D eigenvalue weighted by Gasteiger charge is 2.24. The van der Waals surface area contributed by atoms with Crippen molar-refractivity contribution in [3.05, 3.63) is 0 Å². The van der Waals surface area contributed by atoms with E-state index < -0.39 is 6.10 Å². The van der Waals surface area contributed by atoms with Crippen LogP contribution in [-0.2, 0) is 9.53 Å². The molecule has 1 N–H and O–H groups in total. The number of hydrogen-bond donors (Lipinski definition) is 1. The van der Waals surface area contributed by atoms with Gasteiger partial charge in [-0.25, -0.2) is 0 Å². The number of nitrogens with zero attached hydrogens (tertiary/aromatic N) is 1. The lowest BCUT2D eigenvalue weighted by atomic mass is 10.1. The van der Waals surface area contributed by atoms with E-state index in [9.17, 15) is 9.90 Å². The second kappa shape index (κ2) is 7.65. The van der Waals surface area contributed by atoms with Gasteiger partial charge in [0.1, 0.15) is 6.04 Å². The molecule has 0 heterocycles. The molecule has 90 valence electrons. The summed E-state index contributed by atoms with van der Waals surface area (Å²) in [5.41, 5.74) is 0. The Hall–Kier alpha value is -0.610. The highest BCUT2D eigenvalue weighted by atomic mass is 16.5. The van der Waals surface area contributed by atoms with Gasteiger partial charge in [0.05, 0.1) is 12.7 Å². The van der Waals surface area contributed by atoms with Crippen LogP contribution in [0.25, 0.3) is 0 Å². The van der Waals surface area contributed by atoms with Gasteiger partial charge in [-0.3, -0.25) is 9.69 Å². The molecule has 0 fully saturated rings. The topological polar surface area (TPSA) is 49.8 Å². The van der Waals surface area contributed by atoms with Crippen molar-refractivity contribution in [2.45, 2.75) is 45.8 Å². The molecule has 0 spiro atoms. The van der Waals surface area contributed by atoms with Crippen LogP contribution in [0.15, 0.2) is 0 Å². The van der Waals surface area contributed by atoms with Crippen molar-refractivity contribution in [2.75, 3.05) is 20.2 Å². The number of rotatable bonds is 7. The SMILES string of the molecule is CCCC(C(=O)OCC)N(C)CC(C)O. The molecule has 4 nitrogen and oxygen atoms in total. The minimum absolute atomic E-state index is 0.192. The molecule has 0 amide bonds. The van der Waals surface area contributed by atoms with E-state index >= 15 is 0 Å². The quantitative estimate of drug-likeness (QED) is 0.647. The number of aliphatic hydroxyl groups excluding tert-OH is 1. The second-order valence-corrected chi connectivity index (χ2v) is 3.85.